The Kier molecular flexibility index (Phi) is 15.5. The molecule has 0 atom stereocenters. The standard InChI is InChI=1S/C94H95BN8O/c1-88(2,3)58-36-28-54(29-37-58)82-96-83(55-30-38-59(39-31-55)89(4,5)6)99-86(98-82)68-26-22-24-66-67-25-23-27-69(87-100-84(56-32-40-60(41-33-56)90(7,8)9)97-85(101-87)57-34-42-61(43-35-57)91(10,11)12)80(67)102(79(66)68)65-52-75-78-77(53-65)104-76-47-45-63(93(16,17)18)50-72(76)95(78)73-51-64(94(19,20)21)49-71-70-48-62(92(13,14)15)44-46-74(70)103(75)81(71)73/h22-53H,1-21H3. The van der Waals surface area contributed by atoms with Gasteiger partial charge in [0.1, 0.15) is 11.5 Å². The van der Waals surface area contributed by atoms with E-state index in [2.05, 4.69) is 349 Å². The highest BCUT2D eigenvalue weighted by molar-refractivity contribution is 6.99. The van der Waals surface area contributed by atoms with Crippen LogP contribution in [0.1, 0.15) is 184 Å². The lowest BCUT2D eigenvalue weighted by molar-refractivity contribution is 0.486. The van der Waals surface area contributed by atoms with Crippen molar-refractivity contribution in [1.82, 2.24) is 39.0 Å². The van der Waals surface area contributed by atoms with Crippen LogP contribution in [0.15, 0.2) is 194 Å². The normalized spacial score (nSPS) is 13.5. The highest BCUT2D eigenvalue weighted by Crippen LogP contribution is 2.47. The summed E-state index contributed by atoms with van der Waals surface area (Å²) in [7, 11) is 0. The molecule has 520 valence electrons. The first kappa shape index (κ1) is 68.1. The predicted octanol–water partition coefficient (Wildman–Crippen LogP) is 22.3. The fourth-order valence-corrected chi connectivity index (χ4v) is 15.5. The van der Waals surface area contributed by atoms with E-state index < -0.39 is 0 Å². The molecule has 4 aromatic heterocycles. The lowest BCUT2D eigenvalue weighted by atomic mass is 9.34. The highest BCUT2D eigenvalue weighted by atomic mass is 16.5. The van der Waals surface area contributed by atoms with Crippen molar-refractivity contribution < 1.29 is 4.74 Å². The van der Waals surface area contributed by atoms with Gasteiger partial charge in [0.15, 0.2) is 34.9 Å². The molecule has 0 fully saturated rings. The quantitative estimate of drug-likeness (QED) is 0.147. The van der Waals surface area contributed by atoms with Crippen LogP contribution in [-0.2, 0) is 37.9 Å². The van der Waals surface area contributed by atoms with Crippen LogP contribution >= 0.6 is 0 Å². The topological polar surface area (TPSA) is 96.4 Å². The average molecular weight is 1360 g/mol. The first-order valence-corrected chi connectivity index (χ1v) is 37.1. The van der Waals surface area contributed by atoms with Crippen molar-refractivity contribution in [1.29, 1.82) is 0 Å². The molecular formula is C94H95BN8O. The molecule has 0 aliphatic carbocycles. The van der Waals surface area contributed by atoms with Crippen LogP contribution in [0.3, 0.4) is 0 Å². The summed E-state index contributed by atoms with van der Waals surface area (Å²) in [6, 6.07) is 71.9. The molecule has 104 heavy (non-hydrogen) atoms. The molecule has 0 N–H and O–H groups in total. The fraction of sp³-hybridized carbons (Fsp3) is 0.298. The summed E-state index contributed by atoms with van der Waals surface area (Å²) < 4.78 is 12.6. The highest BCUT2D eigenvalue weighted by Gasteiger charge is 2.43. The number of hydrogen-bond donors (Lipinski definition) is 0. The molecule has 10 aromatic carbocycles. The van der Waals surface area contributed by atoms with E-state index in [0.717, 1.165) is 89.0 Å². The molecule has 6 heterocycles. The summed E-state index contributed by atoms with van der Waals surface area (Å²) in [5, 5.41) is 4.49. The molecule has 0 amide bonds. The van der Waals surface area contributed by atoms with Crippen LogP contribution in [-0.4, -0.2) is 45.8 Å². The Hall–Kier alpha value is -10.3. The van der Waals surface area contributed by atoms with E-state index in [4.69, 9.17) is 34.6 Å². The number of benzene rings is 10. The predicted molar refractivity (Wildman–Crippen MR) is 437 cm³/mol. The summed E-state index contributed by atoms with van der Waals surface area (Å²) in [5.74, 6) is 5.05. The van der Waals surface area contributed by atoms with E-state index in [1.807, 2.05) is 0 Å². The second kappa shape index (κ2) is 23.6. The maximum absolute atomic E-state index is 7.63. The van der Waals surface area contributed by atoms with Gasteiger partial charge in [-0.15, -0.1) is 0 Å². The monoisotopic (exact) mass is 1360 g/mol. The van der Waals surface area contributed by atoms with Gasteiger partial charge in [0.05, 0.1) is 22.2 Å². The summed E-state index contributed by atoms with van der Waals surface area (Å²) in [4.78, 5) is 33.2. The van der Waals surface area contributed by atoms with Crippen molar-refractivity contribution in [3.05, 3.63) is 233 Å². The van der Waals surface area contributed by atoms with Crippen molar-refractivity contribution >= 4 is 66.7 Å². The number of para-hydroxylation sites is 2. The van der Waals surface area contributed by atoms with Crippen molar-refractivity contribution in [3.63, 3.8) is 0 Å². The number of rotatable bonds is 7. The summed E-state index contributed by atoms with van der Waals surface area (Å²) >= 11 is 0. The Bertz CT molecular complexity index is 5450. The van der Waals surface area contributed by atoms with E-state index in [1.54, 1.807) is 0 Å². The van der Waals surface area contributed by atoms with Gasteiger partial charge in [-0.05, 0) is 136 Å². The van der Waals surface area contributed by atoms with Crippen LogP contribution in [0, 0.1) is 0 Å². The van der Waals surface area contributed by atoms with E-state index in [-0.39, 0.29) is 44.6 Å². The number of fused-ring (bicyclic) bond motifs is 10. The molecule has 10 heteroatoms. The van der Waals surface area contributed by atoms with E-state index in [0.29, 0.717) is 34.9 Å². The Labute approximate surface area is 614 Å². The van der Waals surface area contributed by atoms with Crippen molar-refractivity contribution in [2.45, 2.75) is 183 Å². The lowest BCUT2D eigenvalue weighted by Crippen LogP contribution is -2.58. The zero-order valence-electron chi connectivity index (χ0n) is 64.5. The van der Waals surface area contributed by atoms with Crippen molar-refractivity contribution in [3.8, 4) is 91.2 Å². The summed E-state index contributed by atoms with van der Waals surface area (Å²) in [6.45, 7) is 47.7. The minimum atomic E-state index is -0.165. The molecule has 0 saturated carbocycles. The SMILES string of the molecule is CC(C)(C)c1ccc(-c2nc(-c3ccc(C(C)(C)C)cc3)nc(-c3cccc4c5cccc(-c6nc(-c7ccc(C(C)(C)C)cc7)nc(-c7ccc(C(C)(C)C)cc7)n6)c5n(-c5cc6c7c(c5)-n5c8ccc(C(C)(C)C)cc8c8cc(C(C)(C)C)cc(c85)B7c5cc(C(C)(C)C)ccc5O6)c34)n2)cc1. The van der Waals surface area contributed by atoms with E-state index in [1.165, 1.54) is 66.2 Å². The first-order valence-electron chi connectivity index (χ1n) is 37.1. The van der Waals surface area contributed by atoms with E-state index in [9.17, 15) is 0 Å². The van der Waals surface area contributed by atoms with Gasteiger partial charge in [-0.1, -0.05) is 291 Å². The third-order valence-corrected chi connectivity index (χ3v) is 21.8. The molecule has 2 aliphatic rings. The van der Waals surface area contributed by atoms with Crippen LogP contribution < -0.4 is 21.1 Å². The van der Waals surface area contributed by atoms with Gasteiger partial charge >= 0.3 is 0 Å². The Balaban J connectivity index is 1.04. The Morgan fingerprint density at radius 3 is 1.04 bits per heavy atom. The van der Waals surface area contributed by atoms with Crippen molar-refractivity contribution in [2.24, 2.45) is 0 Å². The van der Waals surface area contributed by atoms with Gasteiger partial charge in [0.2, 0.25) is 0 Å². The lowest BCUT2D eigenvalue weighted by Gasteiger charge is -2.35. The Morgan fingerprint density at radius 1 is 0.279 bits per heavy atom. The Morgan fingerprint density at radius 2 is 0.635 bits per heavy atom. The van der Waals surface area contributed by atoms with Gasteiger partial charge in [-0.2, -0.15) is 0 Å². The number of nitrogens with zero attached hydrogens (tertiary/aromatic N) is 8. The molecule has 2 aliphatic heterocycles. The van der Waals surface area contributed by atoms with Gasteiger partial charge in [-0.25, -0.2) is 29.9 Å². The smallest absolute Gasteiger partial charge is 0.256 e. The van der Waals surface area contributed by atoms with Gasteiger partial charge in [-0.3, -0.25) is 0 Å². The minimum absolute atomic E-state index is 0.0554. The third-order valence-electron chi connectivity index (χ3n) is 21.8. The molecular weight excluding hydrogens is 1270 g/mol. The molecule has 0 spiro atoms. The number of hydrogen-bond acceptors (Lipinski definition) is 7. The molecule has 14 aromatic rings. The van der Waals surface area contributed by atoms with Gasteiger partial charge < -0.3 is 13.9 Å². The van der Waals surface area contributed by atoms with Crippen LogP contribution in [0.5, 0.6) is 11.5 Å². The second-order valence-corrected chi connectivity index (χ2v) is 36.6. The van der Waals surface area contributed by atoms with Gasteiger partial charge in [0.25, 0.3) is 6.71 Å². The van der Waals surface area contributed by atoms with Crippen LogP contribution in [0.4, 0.5) is 0 Å². The van der Waals surface area contributed by atoms with Crippen molar-refractivity contribution in [2.75, 3.05) is 0 Å². The van der Waals surface area contributed by atoms with E-state index >= 15 is 0 Å². The maximum Gasteiger partial charge on any atom is 0.256 e. The summed E-state index contributed by atoms with van der Waals surface area (Å²) in [6.07, 6.45) is 0. The van der Waals surface area contributed by atoms with Crippen LogP contribution in [0.2, 0.25) is 0 Å². The molecule has 0 saturated heterocycles. The third kappa shape index (κ3) is 11.7. The zero-order chi connectivity index (χ0) is 73.4. The molecule has 0 unspecified atom stereocenters. The minimum Gasteiger partial charge on any atom is -0.458 e. The van der Waals surface area contributed by atoms with Crippen LogP contribution in [0.25, 0.3) is 123 Å². The molecule has 0 bridgehead atoms. The number of ether oxygens (including phenoxy) is 1. The summed E-state index contributed by atoms with van der Waals surface area (Å²) in [5.41, 5.74) is 23.1. The second-order valence-electron chi connectivity index (χ2n) is 36.6. The molecule has 9 nitrogen and oxygen atoms in total. The maximum atomic E-state index is 7.63. The molecule has 0 radical (unpaired) electrons. The average Bonchev–Trinajstić information content (AvgIpc) is 1.55. The fourth-order valence-electron chi connectivity index (χ4n) is 15.5. The van der Waals surface area contributed by atoms with Gasteiger partial charge in [0, 0.05) is 72.2 Å². The number of aromatic nitrogens is 8. The first-order chi connectivity index (χ1) is 48.9. The molecule has 16 rings (SSSR count). The largest absolute Gasteiger partial charge is 0.458 e. The zero-order valence-corrected chi connectivity index (χ0v) is 64.5.